The Hall–Kier alpha value is -3.35. The standard InChI is InChI=1S/C22H23N3O4/c1-28-18-8-4-2-6-16(18)21(27)23-14-20(26)25-12-10-15(11-13-25)22-24-17-7-3-5-9-19(17)29-22/h2-9,15H,10-14H2,1H3,(H,23,27). The number of nitrogens with one attached hydrogen (secondary N) is 1. The number of fused-ring (bicyclic) bond motifs is 1. The molecular weight excluding hydrogens is 370 g/mol. The van der Waals surface area contributed by atoms with Gasteiger partial charge >= 0.3 is 0 Å². The topological polar surface area (TPSA) is 84.7 Å². The second-order valence-corrected chi connectivity index (χ2v) is 7.06. The van der Waals surface area contributed by atoms with Crippen LogP contribution in [0.15, 0.2) is 52.9 Å². The molecule has 0 unspecified atom stereocenters. The van der Waals surface area contributed by atoms with E-state index in [0.717, 1.165) is 29.8 Å². The lowest BCUT2D eigenvalue weighted by atomic mass is 9.97. The summed E-state index contributed by atoms with van der Waals surface area (Å²) in [6.45, 7) is 1.20. The number of amides is 2. The Kier molecular flexibility index (Phi) is 5.46. The van der Waals surface area contributed by atoms with Crippen LogP contribution in [0.25, 0.3) is 11.1 Å². The van der Waals surface area contributed by atoms with Gasteiger partial charge in [0.2, 0.25) is 5.91 Å². The van der Waals surface area contributed by atoms with Gasteiger partial charge in [0.25, 0.3) is 5.91 Å². The van der Waals surface area contributed by atoms with Gasteiger partial charge in [-0.1, -0.05) is 24.3 Å². The van der Waals surface area contributed by atoms with Gasteiger partial charge in [0.1, 0.15) is 11.3 Å². The number of likely N-dealkylation sites (tertiary alicyclic amines) is 1. The van der Waals surface area contributed by atoms with Gasteiger partial charge in [0.05, 0.1) is 19.2 Å². The number of hydrogen-bond acceptors (Lipinski definition) is 5. The average Bonchev–Trinajstić information content (AvgIpc) is 3.21. The number of carbonyl (C=O) groups excluding carboxylic acids is 2. The Morgan fingerprint density at radius 1 is 1.14 bits per heavy atom. The van der Waals surface area contributed by atoms with E-state index in [1.807, 2.05) is 24.3 Å². The number of nitrogens with zero attached hydrogens (tertiary/aromatic N) is 2. The number of para-hydroxylation sites is 3. The molecule has 3 aromatic rings. The van der Waals surface area contributed by atoms with E-state index in [1.54, 1.807) is 29.2 Å². The van der Waals surface area contributed by atoms with E-state index < -0.39 is 0 Å². The number of methoxy groups -OCH3 is 1. The van der Waals surface area contributed by atoms with Gasteiger partial charge < -0.3 is 19.4 Å². The maximum Gasteiger partial charge on any atom is 0.255 e. The lowest BCUT2D eigenvalue weighted by molar-refractivity contribution is -0.131. The zero-order valence-electron chi connectivity index (χ0n) is 16.3. The molecule has 29 heavy (non-hydrogen) atoms. The van der Waals surface area contributed by atoms with E-state index in [2.05, 4.69) is 10.3 Å². The van der Waals surface area contributed by atoms with Gasteiger partial charge in [-0.25, -0.2) is 4.98 Å². The van der Waals surface area contributed by atoms with Crippen LogP contribution in [0.4, 0.5) is 0 Å². The van der Waals surface area contributed by atoms with Gasteiger partial charge in [-0.2, -0.15) is 0 Å². The summed E-state index contributed by atoms with van der Waals surface area (Å²) in [5.41, 5.74) is 2.07. The van der Waals surface area contributed by atoms with Crippen molar-refractivity contribution in [3.05, 3.63) is 60.0 Å². The Labute approximate surface area is 168 Å². The van der Waals surface area contributed by atoms with Crippen LogP contribution in [0.5, 0.6) is 5.75 Å². The third-order valence-electron chi connectivity index (χ3n) is 5.26. The van der Waals surface area contributed by atoms with E-state index in [0.29, 0.717) is 24.4 Å². The molecule has 0 spiro atoms. The molecule has 2 aromatic carbocycles. The molecule has 1 aliphatic rings. The molecule has 0 saturated carbocycles. The SMILES string of the molecule is COc1ccccc1C(=O)NCC(=O)N1CCC(c2nc3ccccc3o2)CC1. The van der Waals surface area contributed by atoms with Crippen molar-refractivity contribution >= 4 is 22.9 Å². The van der Waals surface area contributed by atoms with Gasteiger partial charge in [-0.05, 0) is 37.1 Å². The monoisotopic (exact) mass is 393 g/mol. The Bertz CT molecular complexity index is 989. The zero-order valence-corrected chi connectivity index (χ0v) is 16.3. The molecule has 2 amide bonds. The predicted octanol–water partition coefficient (Wildman–Crippen LogP) is 2.97. The summed E-state index contributed by atoms with van der Waals surface area (Å²) in [4.78, 5) is 31.2. The molecule has 7 nitrogen and oxygen atoms in total. The van der Waals surface area contributed by atoms with Gasteiger partial charge in [-0.3, -0.25) is 9.59 Å². The number of benzene rings is 2. The van der Waals surface area contributed by atoms with Crippen LogP contribution in [0.2, 0.25) is 0 Å². The first-order chi connectivity index (χ1) is 14.2. The van der Waals surface area contributed by atoms with Crippen LogP contribution in [-0.4, -0.2) is 48.4 Å². The molecule has 150 valence electrons. The molecule has 0 atom stereocenters. The third kappa shape index (κ3) is 4.08. The van der Waals surface area contributed by atoms with Crippen molar-refractivity contribution in [2.24, 2.45) is 0 Å². The molecule has 2 heterocycles. The molecule has 7 heteroatoms. The van der Waals surface area contributed by atoms with E-state index in [9.17, 15) is 9.59 Å². The summed E-state index contributed by atoms with van der Waals surface area (Å²) < 4.78 is 11.1. The van der Waals surface area contributed by atoms with Crippen molar-refractivity contribution < 1.29 is 18.7 Å². The lowest BCUT2D eigenvalue weighted by Gasteiger charge is -2.30. The van der Waals surface area contributed by atoms with Crippen molar-refractivity contribution in [1.82, 2.24) is 15.2 Å². The van der Waals surface area contributed by atoms with E-state index >= 15 is 0 Å². The molecule has 0 bridgehead atoms. The predicted molar refractivity (Wildman–Crippen MR) is 108 cm³/mol. The minimum atomic E-state index is -0.322. The zero-order chi connectivity index (χ0) is 20.2. The van der Waals surface area contributed by atoms with Crippen molar-refractivity contribution in [3.8, 4) is 5.75 Å². The largest absolute Gasteiger partial charge is 0.496 e. The number of rotatable bonds is 5. The Morgan fingerprint density at radius 2 is 1.86 bits per heavy atom. The molecule has 0 radical (unpaired) electrons. The van der Waals surface area contributed by atoms with E-state index in [4.69, 9.17) is 9.15 Å². The van der Waals surface area contributed by atoms with Gasteiger partial charge in [0, 0.05) is 19.0 Å². The highest BCUT2D eigenvalue weighted by molar-refractivity contribution is 5.98. The molecule has 1 aromatic heterocycles. The summed E-state index contributed by atoms with van der Waals surface area (Å²) in [5, 5.41) is 2.69. The molecule has 1 N–H and O–H groups in total. The molecule has 1 aliphatic heterocycles. The second-order valence-electron chi connectivity index (χ2n) is 7.06. The van der Waals surface area contributed by atoms with Crippen LogP contribution in [-0.2, 0) is 4.79 Å². The van der Waals surface area contributed by atoms with Gasteiger partial charge in [-0.15, -0.1) is 0 Å². The minimum Gasteiger partial charge on any atom is -0.496 e. The molecule has 0 aliphatic carbocycles. The third-order valence-corrected chi connectivity index (χ3v) is 5.26. The highest BCUT2D eigenvalue weighted by atomic mass is 16.5. The normalized spacial score (nSPS) is 14.7. The fourth-order valence-electron chi connectivity index (χ4n) is 3.64. The number of aromatic nitrogens is 1. The fourth-order valence-corrected chi connectivity index (χ4v) is 3.64. The molecular formula is C22H23N3O4. The first-order valence-corrected chi connectivity index (χ1v) is 9.70. The maximum atomic E-state index is 12.5. The van der Waals surface area contributed by atoms with Crippen LogP contribution in [0.1, 0.15) is 35.0 Å². The van der Waals surface area contributed by atoms with E-state index in [-0.39, 0.29) is 24.3 Å². The van der Waals surface area contributed by atoms with Crippen molar-refractivity contribution in [1.29, 1.82) is 0 Å². The number of hydrogen-bond donors (Lipinski definition) is 1. The van der Waals surface area contributed by atoms with Gasteiger partial charge in [0.15, 0.2) is 11.5 Å². The highest BCUT2D eigenvalue weighted by Crippen LogP contribution is 2.29. The quantitative estimate of drug-likeness (QED) is 0.720. The van der Waals surface area contributed by atoms with Crippen LogP contribution in [0.3, 0.4) is 0 Å². The van der Waals surface area contributed by atoms with Crippen molar-refractivity contribution in [2.75, 3.05) is 26.7 Å². The first-order valence-electron chi connectivity index (χ1n) is 9.70. The second kappa shape index (κ2) is 8.34. The summed E-state index contributed by atoms with van der Waals surface area (Å²) in [7, 11) is 1.51. The Balaban J connectivity index is 1.30. The summed E-state index contributed by atoms with van der Waals surface area (Å²) in [6, 6.07) is 14.7. The maximum absolute atomic E-state index is 12.5. The minimum absolute atomic E-state index is 0.0373. The van der Waals surface area contributed by atoms with Crippen LogP contribution >= 0.6 is 0 Å². The number of oxazole rings is 1. The first kappa shape index (κ1) is 19.0. The summed E-state index contributed by atoms with van der Waals surface area (Å²) >= 11 is 0. The highest BCUT2D eigenvalue weighted by Gasteiger charge is 2.27. The number of piperidine rings is 1. The fraction of sp³-hybridized carbons (Fsp3) is 0.318. The smallest absolute Gasteiger partial charge is 0.255 e. The van der Waals surface area contributed by atoms with Crippen LogP contribution < -0.4 is 10.1 Å². The number of carbonyl (C=O) groups is 2. The van der Waals surface area contributed by atoms with E-state index in [1.165, 1.54) is 7.11 Å². The molecule has 4 rings (SSSR count). The summed E-state index contributed by atoms with van der Waals surface area (Å²) in [5.74, 6) is 1.01. The number of ether oxygens (including phenoxy) is 1. The summed E-state index contributed by atoms with van der Waals surface area (Å²) in [6.07, 6.45) is 1.58. The lowest BCUT2D eigenvalue weighted by Crippen LogP contribution is -2.43. The van der Waals surface area contributed by atoms with Crippen LogP contribution in [0, 0.1) is 0 Å². The average molecular weight is 393 g/mol. The van der Waals surface area contributed by atoms with Crippen molar-refractivity contribution in [2.45, 2.75) is 18.8 Å². The Morgan fingerprint density at radius 3 is 2.62 bits per heavy atom. The van der Waals surface area contributed by atoms with Crippen molar-refractivity contribution in [3.63, 3.8) is 0 Å². The molecule has 1 saturated heterocycles. The molecule has 1 fully saturated rings.